The van der Waals surface area contributed by atoms with Crippen molar-refractivity contribution in [2.75, 3.05) is 0 Å². The van der Waals surface area contributed by atoms with Crippen molar-refractivity contribution >= 4 is 110 Å². The molecule has 0 bridgehead atoms. The van der Waals surface area contributed by atoms with Gasteiger partial charge in [0.2, 0.25) is 0 Å². The molecule has 0 radical (unpaired) electrons. The molecule has 0 amide bonds. The Morgan fingerprint density at radius 1 is 0.250 bits per heavy atom. The summed E-state index contributed by atoms with van der Waals surface area (Å²) >= 11 is 3.80. The van der Waals surface area contributed by atoms with Gasteiger partial charge in [0.15, 0.2) is 0 Å². The van der Waals surface area contributed by atoms with Crippen LogP contribution in [-0.4, -0.2) is 25.9 Å². The average molecular weight is 1480 g/mol. The SMILES string of the molecule is CC1(C)c2ccc3ccccc3c2-c2c1cc(Br)c1ccccc21.CC1(C)c2ccccc2-c2ccc(-c3ccc4cc(-c5cc6c(c7ccccc57)-c5c(ccc7ccccc57)C6(C)C)ccc4c3)cc21.CC1(C)c2ccccc2-c2ccc(-c3ccc4cc(B5OC(C)(C)C(C)(C)O5)ccc4c3)cc21.[BH3-]P. The number of hydrogen-bond acceptors (Lipinski definition) is 2. The van der Waals surface area contributed by atoms with E-state index in [0.29, 0.717) is 7.57 Å². The summed E-state index contributed by atoms with van der Waals surface area (Å²) in [6.45, 7) is 27.2. The molecule has 1 aliphatic heterocycles. The van der Waals surface area contributed by atoms with Crippen LogP contribution in [0.15, 0.2) is 296 Å². The number of fused-ring (bicyclic) bond motifs is 22. The molecule has 0 N–H and O–H groups in total. The van der Waals surface area contributed by atoms with Crippen molar-refractivity contribution in [3.05, 3.63) is 340 Å². The summed E-state index contributed by atoms with van der Waals surface area (Å²) in [5.74, 6) is 0. The van der Waals surface area contributed by atoms with Crippen molar-refractivity contribution in [2.24, 2.45) is 0 Å². The Hall–Kier alpha value is -9.96. The van der Waals surface area contributed by atoms with E-state index in [0.717, 1.165) is 5.46 Å². The maximum absolute atomic E-state index is 6.26. The van der Waals surface area contributed by atoms with Gasteiger partial charge in [0.05, 0.1) is 11.2 Å². The van der Waals surface area contributed by atoms with Crippen LogP contribution in [0.25, 0.3) is 143 Å². The first-order chi connectivity index (χ1) is 52.0. The van der Waals surface area contributed by atoms with Crippen molar-refractivity contribution in [1.82, 2.24) is 0 Å². The van der Waals surface area contributed by atoms with E-state index in [1.807, 2.05) is 0 Å². The van der Waals surface area contributed by atoms with Gasteiger partial charge in [0, 0.05) is 26.1 Å². The molecule has 16 aromatic rings. The van der Waals surface area contributed by atoms with Crippen LogP contribution in [0, 0.1) is 0 Å². The highest BCUT2D eigenvalue weighted by Crippen LogP contribution is 2.58. The number of hydrogen-bond donors (Lipinski definition) is 0. The molecule has 16 aromatic carbocycles. The Kier molecular flexibility index (Phi) is 16.5. The van der Waals surface area contributed by atoms with Crippen molar-refractivity contribution < 1.29 is 9.31 Å². The van der Waals surface area contributed by atoms with Crippen LogP contribution in [0.3, 0.4) is 0 Å². The first-order valence-corrected chi connectivity index (χ1v) is 38.5. The lowest BCUT2D eigenvalue weighted by Gasteiger charge is -2.32. The molecular formula is C102H89B2BrO2P-. The Morgan fingerprint density at radius 2 is 0.583 bits per heavy atom. The van der Waals surface area contributed by atoms with Crippen LogP contribution in [0.4, 0.5) is 0 Å². The predicted octanol–water partition coefficient (Wildman–Crippen LogP) is 26.4. The zero-order chi connectivity index (χ0) is 74.7. The number of benzene rings is 16. The molecule has 1 unspecified atom stereocenters. The van der Waals surface area contributed by atoms with E-state index >= 15 is 0 Å². The average Bonchev–Trinajstić information content (AvgIpc) is 1.55. The zero-order valence-electron chi connectivity index (χ0n) is 63.1. The predicted molar refractivity (Wildman–Crippen MR) is 474 cm³/mol. The summed E-state index contributed by atoms with van der Waals surface area (Å²) in [7, 11) is 3.00. The molecule has 528 valence electrons. The van der Waals surface area contributed by atoms with Crippen LogP contribution in [-0.2, 0) is 31.0 Å². The Labute approximate surface area is 648 Å². The van der Waals surface area contributed by atoms with Crippen molar-refractivity contribution in [3.8, 4) is 77.9 Å². The number of halogens is 1. The van der Waals surface area contributed by atoms with Crippen molar-refractivity contribution in [1.29, 1.82) is 0 Å². The molecule has 6 heteroatoms. The molecule has 5 aliphatic rings. The highest BCUT2D eigenvalue weighted by Gasteiger charge is 2.52. The highest BCUT2D eigenvalue weighted by atomic mass is 79.9. The fourth-order valence-electron chi connectivity index (χ4n) is 18.8. The van der Waals surface area contributed by atoms with Crippen molar-refractivity contribution in [2.45, 2.75) is 116 Å². The third kappa shape index (κ3) is 10.8. The molecule has 0 saturated carbocycles. The van der Waals surface area contributed by atoms with E-state index < -0.39 is 0 Å². The Balaban J connectivity index is 0.000000120. The molecule has 1 heterocycles. The van der Waals surface area contributed by atoms with Gasteiger partial charge in [-0.3, -0.25) is 0 Å². The summed E-state index contributed by atoms with van der Waals surface area (Å²) in [4.78, 5) is 0. The minimum atomic E-state index is -0.338. The molecule has 108 heavy (non-hydrogen) atoms. The van der Waals surface area contributed by atoms with Crippen LogP contribution in [0.1, 0.15) is 128 Å². The highest BCUT2D eigenvalue weighted by molar-refractivity contribution is 9.10. The molecule has 4 aliphatic carbocycles. The maximum atomic E-state index is 6.26. The second kappa shape index (κ2) is 25.6. The van der Waals surface area contributed by atoms with Crippen LogP contribution in [0.2, 0.25) is 0 Å². The molecular weight excluding hydrogens is 1390 g/mol. The van der Waals surface area contributed by atoms with Crippen LogP contribution >= 0.6 is 25.0 Å². The monoisotopic (exact) mass is 1480 g/mol. The summed E-state index contributed by atoms with van der Waals surface area (Å²) in [6.07, 6.45) is 0. The van der Waals surface area contributed by atoms with Crippen molar-refractivity contribution in [3.63, 3.8) is 0 Å². The molecule has 21 rings (SSSR count). The lowest BCUT2D eigenvalue weighted by Crippen LogP contribution is -2.41. The molecule has 2 nitrogen and oxygen atoms in total. The van der Waals surface area contributed by atoms with Gasteiger partial charge >= 0.3 is 7.12 Å². The lowest BCUT2D eigenvalue weighted by atomic mass is 9.78. The second-order valence-electron chi connectivity index (χ2n) is 33.4. The van der Waals surface area contributed by atoms with Crippen LogP contribution < -0.4 is 5.46 Å². The van der Waals surface area contributed by atoms with E-state index in [1.54, 1.807) is 0 Å². The van der Waals surface area contributed by atoms with Gasteiger partial charge in [-0.2, -0.15) is 0 Å². The lowest BCUT2D eigenvalue weighted by molar-refractivity contribution is 0.00578. The minimum Gasteiger partial charge on any atom is -0.399 e. The molecule has 1 atom stereocenters. The zero-order valence-corrected chi connectivity index (χ0v) is 65.8. The van der Waals surface area contributed by atoms with Crippen LogP contribution in [0.5, 0.6) is 0 Å². The van der Waals surface area contributed by atoms with Gasteiger partial charge < -0.3 is 18.4 Å². The Bertz CT molecular complexity index is 6430. The molecule has 1 fully saturated rings. The van der Waals surface area contributed by atoms with Gasteiger partial charge in [0.1, 0.15) is 0 Å². The van der Waals surface area contributed by atoms with E-state index in [4.69, 9.17) is 9.31 Å². The second-order valence-corrected chi connectivity index (χ2v) is 34.3. The fraction of sp³-hybridized carbons (Fsp3) is 0.176. The quantitative estimate of drug-likeness (QED) is 0.129. The van der Waals surface area contributed by atoms with Gasteiger partial charge in [-0.05, 0) is 270 Å². The third-order valence-electron chi connectivity index (χ3n) is 25.5. The summed E-state index contributed by atoms with van der Waals surface area (Å²) in [6, 6.07) is 108. The van der Waals surface area contributed by atoms with Gasteiger partial charge in [0.25, 0.3) is 0 Å². The molecule has 0 spiro atoms. The van der Waals surface area contributed by atoms with E-state index in [-0.39, 0.29) is 40.0 Å². The van der Waals surface area contributed by atoms with Gasteiger partial charge in [-0.15, -0.1) is 0 Å². The smallest absolute Gasteiger partial charge is 0.399 e. The third-order valence-corrected chi connectivity index (χ3v) is 26.1. The Morgan fingerprint density at radius 3 is 1.08 bits per heavy atom. The van der Waals surface area contributed by atoms with Gasteiger partial charge in [-0.1, -0.05) is 320 Å². The minimum absolute atomic E-state index is 0.00461. The van der Waals surface area contributed by atoms with Gasteiger partial charge in [-0.25, -0.2) is 0 Å². The topological polar surface area (TPSA) is 18.5 Å². The molecule has 0 aromatic heterocycles. The summed E-state index contributed by atoms with van der Waals surface area (Å²) in [5.41, 5.74) is 30.4. The van der Waals surface area contributed by atoms with E-state index in [2.05, 4.69) is 399 Å². The molecule has 1 saturated heterocycles. The van der Waals surface area contributed by atoms with E-state index in [1.165, 1.54) is 192 Å². The summed E-state index contributed by atoms with van der Waals surface area (Å²) < 4.78 is 13.7. The maximum Gasteiger partial charge on any atom is 0.494 e. The first-order valence-electron chi connectivity index (χ1n) is 37.7. The fourth-order valence-corrected chi connectivity index (χ4v) is 19.4. The number of rotatable bonds is 4. The normalized spacial score (nSPS) is 16.1. The van der Waals surface area contributed by atoms with E-state index in [9.17, 15) is 0 Å². The standard InChI is InChI=1S/C48H36.C31H31BO2.C23H17Br.BH5P/c1-47(2)41-16-10-9-14-37(41)38-23-21-33(27-43(38)47)31-17-18-32-26-34(20-19-30(32)25-31)40-28-44-46(39-15-8-7-13-36(39)40)45-35-12-6-5-11-29(35)22-24-42(45)48(44,3)4;1-29(2)27-10-8-7-9-25(27)26-16-14-23(19-28(26)29)20-11-12-22-18-24(15-13-21(22)17-20)32-33-30(3,4)31(5,6)34-32;1-23(2)18-12-11-14-7-3-4-8-15(14)21(18)22-17-10-6-5-9-16(17)20(24)13-19(22)23;1-2/h5-28H,1-4H3;7-19H,1-6H3;3-13H,1-2H3;2H2,1H3/q;;;-1. The summed E-state index contributed by atoms with van der Waals surface area (Å²) in [5, 5.41) is 15.5. The largest absolute Gasteiger partial charge is 0.494 e. The first kappa shape index (κ1) is 69.8.